The second kappa shape index (κ2) is 49.7. The minimum Gasteiger partial charge on any atom is -0.872 e. The third kappa shape index (κ3) is 30.6. The minimum absolute atomic E-state index is 0.0234. The summed E-state index contributed by atoms with van der Waals surface area (Å²) in [7, 11) is -18.4. The summed E-state index contributed by atoms with van der Waals surface area (Å²) < 4.78 is 140. The van der Waals surface area contributed by atoms with Crippen LogP contribution >= 0.6 is 54.3 Å². The molecule has 0 aromatic heterocycles. The fourth-order valence-electron chi connectivity index (χ4n) is 16.4. The van der Waals surface area contributed by atoms with E-state index in [-0.39, 0.29) is 230 Å². The topological polar surface area (TPSA) is 517 Å². The van der Waals surface area contributed by atoms with Gasteiger partial charge in [-0.1, -0.05) is 72.8 Å². The molecular formula is C91H112Cl2N4O33P4-6. The van der Waals surface area contributed by atoms with Gasteiger partial charge in [-0.2, -0.15) is 0 Å². The van der Waals surface area contributed by atoms with Gasteiger partial charge in [-0.25, -0.2) is 4.99 Å². The van der Waals surface area contributed by atoms with E-state index in [2.05, 4.69) is 79.4 Å². The number of anilines is 1. The Morgan fingerprint density at radius 1 is 0.582 bits per heavy atom. The number of ether oxygens (including phenoxy) is 9. The van der Waals surface area contributed by atoms with Crippen molar-refractivity contribution < 1.29 is 156 Å². The van der Waals surface area contributed by atoms with Crippen molar-refractivity contribution >= 4 is 106 Å². The highest BCUT2D eigenvalue weighted by Gasteiger charge is 2.47. The Morgan fingerprint density at radius 2 is 1.12 bits per heavy atom. The number of amides is 2. The molecule has 2 aliphatic carbocycles. The van der Waals surface area contributed by atoms with Crippen LogP contribution < -0.4 is 65.6 Å². The van der Waals surface area contributed by atoms with E-state index in [1.54, 1.807) is 0 Å². The van der Waals surface area contributed by atoms with Crippen LogP contribution in [0, 0.1) is 11.8 Å². The van der Waals surface area contributed by atoms with E-state index in [4.69, 9.17) is 102 Å². The number of hydrogen-bond donors (Lipinski definition) is 3. The standard InChI is InChI=1S/C91H118Cl2N4O33P4/c1-58-54-90(3,4)96-75-53-78-71(50-68(58)75)80(72-51-69-59(2)55-91(5,6)97-25-14-16-67(84(69)97)85(72)130-78)81-74(92)52-73(83(93)82(81)89(104)105)87(101)95-24-12-10-15-60(56-127-131(7,106)107)57-128-134(112,113)126-46-42-121-38-34-117-30-29-116-33-37-120-41-45-125-133(110,111)124-44-40-119-36-32-115-28-27-114-31-35-118-39-43-123-132(108,109)122-26-13-9-8-11-23-94-86(100)61-17-20-64(70(47-61)88(102)103)79-65-21-18-62(98)48-76(65)129-77-49-63(99)19-22-66(77)79/h17-22,47-55,60,71,80,98H,8-16,23-46,56-57H2,1-7H3,(H,94,100)(H,95,101)(H,102,103)(H,104,105)(H,106,107)(H,108,109)(H,110,111)(H,112,113)/p-6. The zero-order valence-electron chi connectivity index (χ0n) is 75.6. The van der Waals surface area contributed by atoms with Gasteiger partial charge in [-0.05, 0) is 137 Å². The summed E-state index contributed by atoms with van der Waals surface area (Å²) in [5, 5.41) is 43.7. The van der Waals surface area contributed by atoms with E-state index >= 15 is 0 Å². The van der Waals surface area contributed by atoms with Gasteiger partial charge in [0.2, 0.25) is 5.71 Å². The number of carboxylic acid groups (broad SMARTS) is 2. The Bertz CT molecular complexity index is 5540. The molecule has 4 aromatic rings. The predicted molar refractivity (Wildman–Crippen MR) is 480 cm³/mol. The van der Waals surface area contributed by atoms with Crippen LogP contribution in [0.25, 0.3) is 39.0 Å². The lowest BCUT2D eigenvalue weighted by molar-refractivity contribution is -0.528. The maximum absolute atomic E-state index is 14.1. The molecular weight excluding hydrogens is 1870 g/mol. The van der Waals surface area contributed by atoms with E-state index < -0.39 is 98.0 Å². The first-order valence-corrected chi connectivity index (χ1v) is 51.3. The number of carbonyl (C=O) groups is 4. The highest BCUT2D eigenvalue weighted by Crippen LogP contribution is 2.58. The number of carbonyl (C=O) groups excluding carboxylic acids is 4. The van der Waals surface area contributed by atoms with E-state index in [9.17, 15) is 77.1 Å². The number of unbranched alkanes of at least 4 members (excludes halogenated alkanes) is 4. The molecule has 2 amide bonds. The number of phosphoric acid groups is 3. The molecule has 0 saturated carbocycles. The maximum Gasteiger partial charge on any atom is 0.268 e. The number of allylic oxidation sites excluding steroid dienone is 5. The largest absolute Gasteiger partial charge is 0.872 e. The molecule has 43 heteroatoms. The molecule has 4 aromatic carbocycles. The number of nitrogens with zero attached hydrogens (tertiary/aromatic N) is 1. The van der Waals surface area contributed by atoms with Crippen molar-refractivity contribution in [3.8, 4) is 33.9 Å². The molecule has 0 spiro atoms. The SMILES string of the molecule is CC1=CC(C)(C)[NH+]=C2C=C3Oc4c(cc5c6c4CCCN6C(C)(C)C=C5C)C(c4c(Cl)cc(C(=O)NCCCCC(COP(C)(=O)[O-])COP(=O)([O-])OCCOCCOCCOCCOCCOP(=O)([O-])OCCOCCOCCOCCOCCOP(=O)([O-])OCCCCCCNC(=O)c5ccc(-c6c7ccc(=O)cc-7oc7cc([O-])ccc67)c(C(=O)[O-])c5)c(Cl)c4C(=O)[O-])C3C=C12. The lowest BCUT2D eigenvalue weighted by Gasteiger charge is -2.48. The monoisotopic (exact) mass is 1980 g/mol. The number of halogens is 2. The summed E-state index contributed by atoms with van der Waals surface area (Å²) in [6, 6.07) is 15.6. The summed E-state index contributed by atoms with van der Waals surface area (Å²) in [5.41, 5.74) is 7.10. The number of hydrogen-bond acceptors (Lipinski definition) is 34. The Morgan fingerprint density at radius 3 is 1.69 bits per heavy atom. The average Bonchev–Trinajstić information content (AvgIpc) is 0.700. The fourth-order valence-corrected chi connectivity index (χ4v) is 19.7. The minimum atomic E-state index is -4.92. The van der Waals surface area contributed by atoms with Crippen LogP contribution in [-0.2, 0) is 94.2 Å². The number of phosphoric ester groups is 3. The fraction of sp³-hybridized carbons (Fsp3) is 0.516. The lowest BCUT2D eigenvalue weighted by Crippen LogP contribution is -2.86. The zero-order chi connectivity index (χ0) is 96.6. The molecule has 3 N–H and O–H groups in total. The number of rotatable bonds is 59. The lowest BCUT2D eigenvalue weighted by atomic mass is 9.70. The smallest absolute Gasteiger partial charge is 0.268 e. The Labute approximate surface area is 786 Å². The molecule has 0 fully saturated rings. The highest BCUT2D eigenvalue weighted by molar-refractivity contribution is 7.50. The van der Waals surface area contributed by atoms with Gasteiger partial charge in [0.1, 0.15) is 30.4 Å². The van der Waals surface area contributed by atoms with Crippen molar-refractivity contribution in [1.29, 1.82) is 0 Å². The molecule has 5 aliphatic heterocycles. The molecule has 37 nitrogen and oxygen atoms in total. The van der Waals surface area contributed by atoms with E-state index in [1.165, 1.54) is 60.7 Å². The molecule has 5 heterocycles. The summed E-state index contributed by atoms with van der Waals surface area (Å²) in [6.45, 7) is 13.8. The van der Waals surface area contributed by atoms with Gasteiger partial charge in [-0.3, -0.25) is 28.1 Å². The third-order valence-electron chi connectivity index (χ3n) is 22.3. The molecule has 7 aliphatic rings. The van der Waals surface area contributed by atoms with Gasteiger partial charge in [-0.15, -0.1) is 5.75 Å². The molecule has 7 atom stereocenters. The maximum atomic E-state index is 14.1. The summed E-state index contributed by atoms with van der Waals surface area (Å²) >= 11 is 14.4. The summed E-state index contributed by atoms with van der Waals surface area (Å²) in [4.78, 5) is 120. The summed E-state index contributed by atoms with van der Waals surface area (Å²) in [6.07, 6.45) is 12.9. The van der Waals surface area contributed by atoms with Crippen LogP contribution in [0.15, 0.2) is 117 Å². The first-order chi connectivity index (χ1) is 63.8. The predicted octanol–water partition coefficient (Wildman–Crippen LogP) is 7.19. The van der Waals surface area contributed by atoms with Gasteiger partial charge >= 0.3 is 0 Å². The van der Waals surface area contributed by atoms with Crippen LogP contribution in [0.2, 0.25) is 10.0 Å². The van der Waals surface area contributed by atoms with Crippen LogP contribution in [0.5, 0.6) is 11.5 Å². The Balaban J connectivity index is 0.465. The molecule has 134 heavy (non-hydrogen) atoms. The van der Waals surface area contributed by atoms with Crippen molar-refractivity contribution in [2.75, 3.05) is 183 Å². The van der Waals surface area contributed by atoms with E-state index in [1.807, 2.05) is 13.0 Å². The number of aromatic carboxylic acids is 2. The van der Waals surface area contributed by atoms with Gasteiger partial charge < -0.3 is 143 Å². The molecule has 0 radical (unpaired) electrons. The first kappa shape index (κ1) is 107. The molecule has 734 valence electrons. The van der Waals surface area contributed by atoms with Gasteiger partial charge in [0.25, 0.3) is 35.3 Å². The van der Waals surface area contributed by atoms with Crippen LogP contribution in [0.4, 0.5) is 5.69 Å². The zero-order valence-corrected chi connectivity index (χ0v) is 80.7. The third-order valence-corrected chi connectivity index (χ3v) is 26.6. The first-order valence-electron chi connectivity index (χ1n) is 44.1. The van der Waals surface area contributed by atoms with Crippen molar-refractivity contribution in [1.82, 2.24) is 10.6 Å². The van der Waals surface area contributed by atoms with E-state index in [0.29, 0.717) is 66.5 Å². The molecule has 7 unspecified atom stereocenters. The van der Waals surface area contributed by atoms with E-state index in [0.717, 1.165) is 64.4 Å². The van der Waals surface area contributed by atoms with Crippen molar-refractivity contribution in [3.63, 3.8) is 0 Å². The number of fused-ring (bicyclic) bond motifs is 6. The van der Waals surface area contributed by atoms with Crippen LogP contribution in [0.1, 0.15) is 163 Å². The Kier molecular flexibility index (Phi) is 39.5. The quantitative estimate of drug-likeness (QED) is 0.0193. The van der Waals surface area contributed by atoms with Crippen LogP contribution in [-0.4, -0.2) is 219 Å². The van der Waals surface area contributed by atoms with Crippen molar-refractivity contribution in [2.45, 2.75) is 116 Å². The van der Waals surface area contributed by atoms with Gasteiger partial charge in [0.15, 0.2) is 11.0 Å². The molecule has 0 saturated heterocycles. The second-order valence-electron chi connectivity index (χ2n) is 33.4. The number of nitrogens with one attached hydrogen (secondary N) is 3. The van der Waals surface area contributed by atoms with Crippen molar-refractivity contribution in [2.24, 2.45) is 11.8 Å². The Hall–Kier alpha value is -7.78. The number of benzene rings is 5. The molecule has 0 bridgehead atoms. The normalized spacial score (nSPS) is 17.9. The molecule has 11 rings (SSSR count). The van der Waals surface area contributed by atoms with Crippen molar-refractivity contribution in [3.05, 3.63) is 173 Å². The average molecular weight is 1980 g/mol. The second-order valence-corrected chi connectivity index (χ2v) is 40.2. The highest BCUT2D eigenvalue weighted by atomic mass is 35.5. The number of carboxylic acids is 2. The summed E-state index contributed by atoms with van der Waals surface area (Å²) in [5.74, 6) is -5.55. The van der Waals surface area contributed by atoms with Crippen LogP contribution in [0.3, 0.4) is 0 Å². The van der Waals surface area contributed by atoms with Gasteiger partial charge in [0, 0.05) is 131 Å². The van der Waals surface area contributed by atoms with Gasteiger partial charge in [0.05, 0.1) is 186 Å².